The molecule has 162 valence electrons. The number of fused-ring (bicyclic) bond motifs is 1. The van der Waals surface area contributed by atoms with Gasteiger partial charge in [-0.25, -0.2) is 8.42 Å². The second-order valence-corrected chi connectivity index (χ2v) is 9.03. The zero-order chi connectivity index (χ0) is 21.9. The third-order valence-corrected chi connectivity index (χ3v) is 6.74. The van der Waals surface area contributed by atoms with Gasteiger partial charge < -0.3 is 19.5 Å². The van der Waals surface area contributed by atoms with E-state index in [0.29, 0.717) is 22.9 Å². The van der Waals surface area contributed by atoms with Crippen LogP contribution in [0.3, 0.4) is 0 Å². The van der Waals surface area contributed by atoms with E-state index in [1.165, 1.54) is 4.31 Å². The molecule has 1 aliphatic heterocycles. The molecule has 0 spiro atoms. The van der Waals surface area contributed by atoms with Gasteiger partial charge in [0.15, 0.2) is 6.10 Å². The normalized spacial score (nSPS) is 16.8. The molecule has 0 aromatic heterocycles. The molecule has 2 aromatic rings. The number of sulfonamides is 1. The van der Waals surface area contributed by atoms with Gasteiger partial charge in [-0.1, -0.05) is 12.1 Å². The minimum Gasteiger partial charge on any atom is -0.497 e. The zero-order valence-corrected chi connectivity index (χ0v) is 18.2. The average molecular weight is 435 g/mol. The van der Waals surface area contributed by atoms with Crippen LogP contribution in [0.4, 0.5) is 5.69 Å². The Morgan fingerprint density at radius 3 is 2.63 bits per heavy atom. The van der Waals surface area contributed by atoms with Gasteiger partial charge in [0.05, 0.1) is 38.2 Å². The van der Waals surface area contributed by atoms with Crippen LogP contribution in [0.1, 0.15) is 25.5 Å². The molecule has 1 N–H and O–H groups in total. The highest BCUT2D eigenvalue weighted by molar-refractivity contribution is 7.92. The molecular formula is C21H26N2O6S. The lowest BCUT2D eigenvalue weighted by Crippen LogP contribution is -2.51. The lowest BCUT2D eigenvalue weighted by molar-refractivity contribution is -0.128. The van der Waals surface area contributed by atoms with E-state index in [1.54, 1.807) is 63.6 Å². The van der Waals surface area contributed by atoms with Gasteiger partial charge in [0, 0.05) is 5.56 Å². The Labute approximate surface area is 176 Å². The highest BCUT2D eigenvalue weighted by Crippen LogP contribution is 2.35. The molecule has 2 aromatic carbocycles. The standard InChI is InChI=1S/C21H26N2O6S/c1-5-30(25,26)23-13-20(29-19-9-7-6-8-17(19)23)21(24)22-14(2)16-12-15(27-3)10-11-18(16)28-4/h6-12,14,20H,5,13H2,1-4H3,(H,22,24)/t14-,20-/m0/s1. The first-order chi connectivity index (χ1) is 14.3. The molecular weight excluding hydrogens is 408 g/mol. The Balaban J connectivity index is 1.84. The summed E-state index contributed by atoms with van der Waals surface area (Å²) in [4.78, 5) is 13.0. The minimum atomic E-state index is -3.56. The summed E-state index contributed by atoms with van der Waals surface area (Å²) in [6.07, 6.45) is -0.986. The number of nitrogens with zero attached hydrogens (tertiary/aromatic N) is 1. The average Bonchev–Trinajstić information content (AvgIpc) is 2.77. The Kier molecular flexibility index (Phi) is 6.40. The number of para-hydroxylation sites is 2. The third kappa shape index (κ3) is 4.30. The number of nitrogens with one attached hydrogen (secondary N) is 1. The summed E-state index contributed by atoms with van der Waals surface area (Å²) in [6, 6.07) is 11.7. The SMILES string of the molecule is CCS(=O)(=O)N1C[C@@H](C(=O)N[C@@H](C)c2cc(OC)ccc2OC)Oc2ccccc21. The summed E-state index contributed by atoms with van der Waals surface area (Å²) >= 11 is 0. The van der Waals surface area contributed by atoms with E-state index in [4.69, 9.17) is 14.2 Å². The number of hydrogen-bond acceptors (Lipinski definition) is 6. The van der Waals surface area contributed by atoms with Gasteiger partial charge in [-0.15, -0.1) is 0 Å². The molecule has 8 nitrogen and oxygen atoms in total. The predicted molar refractivity (Wildman–Crippen MR) is 114 cm³/mol. The highest BCUT2D eigenvalue weighted by atomic mass is 32.2. The first kappa shape index (κ1) is 21.8. The van der Waals surface area contributed by atoms with Crippen molar-refractivity contribution in [2.24, 2.45) is 0 Å². The Morgan fingerprint density at radius 1 is 1.23 bits per heavy atom. The molecule has 1 aliphatic rings. The smallest absolute Gasteiger partial charge is 0.263 e. The number of carbonyl (C=O) groups is 1. The van der Waals surface area contributed by atoms with Gasteiger partial charge in [-0.3, -0.25) is 9.10 Å². The molecule has 1 heterocycles. The Morgan fingerprint density at radius 2 is 1.97 bits per heavy atom. The van der Waals surface area contributed by atoms with Crippen molar-refractivity contribution in [3.63, 3.8) is 0 Å². The van der Waals surface area contributed by atoms with Crippen LogP contribution >= 0.6 is 0 Å². The van der Waals surface area contributed by atoms with Crippen LogP contribution in [-0.2, 0) is 14.8 Å². The first-order valence-electron chi connectivity index (χ1n) is 9.59. The monoisotopic (exact) mass is 434 g/mol. The summed E-state index contributed by atoms with van der Waals surface area (Å²) in [7, 11) is -0.454. The first-order valence-corrected chi connectivity index (χ1v) is 11.2. The molecule has 30 heavy (non-hydrogen) atoms. The van der Waals surface area contributed by atoms with Crippen molar-refractivity contribution in [3.05, 3.63) is 48.0 Å². The largest absolute Gasteiger partial charge is 0.497 e. The van der Waals surface area contributed by atoms with Crippen LogP contribution in [0.25, 0.3) is 0 Å². The number of amides is 1. The van der Waals surface area contributed by atoms with Crippen molar-refractivity contribution in [1.82, 2.24) is 5.32 Å². The van der Waals surface area contributed by atoms with E-state index in [-0.39, 0.29) is 12.3 Å². The van der Waals surface area contributed by atoms with E-state index < -0.39 is 28.1 Å². The van der Waals surface area contributed by atoms with E-state index in [0.717, 1.165) is 5.56 Å². The zero-order valence-electron chi connectivity index (χ0n) is 17.4. The van der Waals surface area contributed by atoms with Crippen LogP contribution < -0.4 is 23.8 Å². The number of hydrogen-bond donors (Lipinski definition) is 1. The fraction of sp³-hybridized carbons (Fsp3) is 0.381. The minimum absolute atomic E-state index is 0.0763. The Bertz CT molecular complexity index is 1020. The number of rotatable bonds is 7. The van der Waals surface area contributed by atoms with Gasteiger partial charge in [-0.05, 0) is 44.2 Å². The second-order valence-electron chi connectivity index (χ2n) is 6.84. The van der Waals surface area contributed by atoms with Gasteiger partial charge in [0.25, 0.3) is 5.91 Å². The van der Waals surface area contributed by atoms with Crippen LogP contribution in [0.2, 0.25) is 0 Å². The van der Waals surface area contributed by atoms with Crippen LogP contribution in [-0.4, -0.2) is 46.9 Å². The highest BCUT2D eigenvalue weighted by Gasteiger charge is 2.36. The number of anilines is 1. The van der Waals surface area contributed by atoms with Gasteiger partial charge in [0.2, 0.25) is 10.0 Å². The lowest BCUT2D eigenvalue weighted by atomic mass is 10.1. The summed E-state index contributed by atoms with van der Waals surface area (Å²) in [5.74, 6) is 1.10. The molecule has 3 rings (SSSR count). The lowest BCUT2D eigenvalue weighted by Gasteiger charge is -2.35. The molecule has 1 amide bonds. The fourth-order valence-electron chi connectivity index (χ4n) is 3.32. The van der Waals surface area contributed by atoms with E-state index in [9.17, 15) is 13.2 Å². The maximum absolute atomic E-state index is 13.0. The van der Waals surface area contributed by atoms with E-state index >= 15 is 0 Å². The molecule has 0 fully saturated rings. The van der Waals surface area contributed by atoms with Crippen molar-refractivity contribution in [2.45, 2.75) is 26.0 Å². The van der Waals surface area contributed by atoms with Crippen LogP contribution in [0.15, 0.2) is 42.5 Å². The van der Waals surface area contributed by atoms with E-state index in [2.05, 4.69) is 5.32 Å². The molecule has 9 heteroatoms. The topological polar surface area (TPSA) is 94.2 Å². The van der Waals surface area contributed by atoms with Crippen molar-refractivity contribution in [3.8, 4) is 17.2 Å². The van der Waals surface area contributed by atoms with E-state index in [1.807, 2.05) is 6.92 Å². The molecule has 0 aliphatic carbocycles. The fourth-order valence-corrected chi connectivity index (χ4v) is 4.44. The van der Waals surface area contributed by atoms with Gasteiger partial charge >= 0.3 is 0 Å². The molecule has 2 atom stereocenters. The predicted octanol–water partition coefficient (Wildman–Crippen LogP) is 2.50. The second kappa shape index (κ2) is 8.83. The summed E-state index contributed by atoms with van der Waals surface area (Å²) in [5, 5.41) is 2.89. The molecule has 0 saturated carbocycles. The van der Waals surface area contributed by atoms with Crippen molar-refractivity contribution < 1.29 is 27.4 Å². The number of carbonyl (C=O) groups excluding carboxylic acids is 1. The summed E-state index contributed by atoms with van der Waals surface area (Å²) in [6.45, 7) is 3.28. The maximum atomic E-state index is 13.0. The summed E-state index contributed by atoms with van der Waals surface area (Å²) in [5.41, 5.74) is 1.17. The number of methoxy groups -OCH3 is 2. The number of benzene rings is 2. The molecule has 0 unspecified atom stereocenters. The van der Waals surface area contributed by atoms with Gasteiger partial charge in [-0.2, -0.15) is 0 Å². The van der Waals surface area contributed by atoms with Crippen molar-refractivity contribution in [2.75, 3.05) is 30.8 Å². The maximum Gasteiger partial charge on any atom is 0.263 e. The summed E-state index contributed by atoms with van der Waals surface area (Å²) < 4.78 is 42.9. The van der Waals surface area contributed by atoms with Crippen molar-refractivity contribution in [1.29, 1.82) is 0 Å². The number of ether oxygens (including phenoxy) is 3. The molecule has 0 radical (unpaired) electrons. The molecule has 0 bridgehead atoms. The Hall–Kier alpha value is -2.94. The third-order valence-electron chi connectivity index (χ3n) is 4.99. The quantitative estimate of drug-likeness (QED) is 0.720. The molecule has 0 saturated heterocycles. The van der Waals surface area contributed by atoms with Crippen LogP contribution in [0.5, 0.6) is 17.2 Å². The van der Waals surface area contributed by atoms with Crippen molar-refractivity contribution >= 4 is 21.6 Å². The van der Waals surface area contributed by atoms with Crippen LogP contribution in [0, 0.1) is 0 Å². The van der Waals surface area contributed by atoms with Gasteiger partial charge in [0.1, 0.15) is 17.2 Å².